The summed E-state index contributed by atoms with van der Waals surface area (Å²) in [6, 6.07) is 4.51. The number of aromatic amines is 1. The van der Waals surface area contributed by atoms with Crippen molar-refractivity contribution < 1.29 is 4.39 Å². The Hall–Kier alpha value is -1.95. The zero-order valence-corrected chi connectivity index (χ0v) is 9.73. The van der Waals surface area contributed by atoms with E-state index in [0.717, 1.165) is 10.4 Å². The van der Waals surface area contributed by atoms with Gasteiger partial charge in [-0.3, -0.25) is 10.8 Å². The molecule has 0 unspecified atom stereocenters. The van der Waals surface area contributed by atoms with Crippen molar-refractivity contribution in [1.29, 1.82) is 0 Å². The average Bonchev–Trinajstić information content (AvgIpc) is 2.81. The molecule has 1 aromatic carbocycles. The summed E-state index contributed by atoms with van der Waals surface area (Å²) in [5.74, 6) is -0.0635. The van der Waals surface area contributed by atoms with E-state index >= 15 is 0 Å². The van der Waals surface area contributed by atoms with Crippen LogP contribution in [-0.4, -0.2) is 15.2 Å². The van der Waals surface area contributed by atoms with Gasteiger partial charge in [0.1, 0.15) is 10.8 Å². The largest absolute Gasteiger partial charge is 0.283 e. The van der Waals surface area contributed by atoms with Crippen LogP contribution in [0, 0.1) is 12.7 Å². The first-order valence-corrected chi connectivity index (χ1v) is 5.80. The minimum atomic E-state index is -0.302. The van der Waals surface area contributed by atoms with Crippen molar-refractivity contribution in [3.63, 3.8) is 0 Å². The molecular formula is C11H8FN4S. The van der Waals surface area contributed by atoms with Crippen LogP contribution in [0.15, 0.2) is 18.2 Å². The van der Waals surface area contributed by atoms with E-state index in [4.69, 9.17) is 5.73 Å². The Labute approximate surface area is 100 Å². The van der Waals surface area contributed by atoms with Gasteiger partial charge in [-0.2, -0.15) is 5.10 Å². The number of nitrogens with one attached hydrogen (secondary N) is 2. The van der Waals surface area contributed by atoms with Gasteiger partial charge in [0, 0.05) is 6.07 Å². The molecule has 85 valence electrons. The first kappa shape index (κ1) is 10.2. The molecule has 3 rings (SSSR count). The Morgan fingerprint density at radius 2 is 2.24 bits per heavy atom. The number of nitrogens with zero attached hydrogens (tertiary/aromatic N) is 2. The zero-order valence-electron chi connectivity index (χ0n) is 8.91. The summed E-state index contributed by atoms with van der Waals surface area (Å²) < 4.78 is 14.0. The molecule has 0 aliphatic carbocycles. The third-order valence-electron chi connectivity index (χ3n) is 2.51. The summed E-state index contributed by atoms with van der Waals surface area (Å²) in [4.78, 5) is 4.34. The topological polar surface area (TPSA) is 65.4 Å². The Balaban J connectivity index is 2.25. The van der Waals surface area contributed by atoms with Crippen molar-refractivity contribution in [1.82, 2.24) is 20.9 Å². The van der Waals surface area contributed by atoms with Crippen LogP contribution in [0.2, 0.25) is 0 Å². The van der Waals surface area contributed by atoms with Gasteiger partial charge in [0.2, 0.25) is 0 Å². The van der Waals surface area contributed by atoms with E-state index in [1.165, 1.54) is 23.5 Å². The second-order valence-corrected chi connectivity index (χ2v) is 4.72. The average molecular weight is 247 g/mol. The van der Waals surface area contributed by atoms with Crippen LogP contribution in [0.5, 0.6) is 0 Å². The number of aromatic nitrogens is 3. The number of benzene rings is 1. The SMILES string of the molecule is Cc1n[nH]c([NH])c1-c1nc2cc(F)ccc2s1. The first-order valence-electron chi connectivity index (χ1n) is 4.98. The molecule has 0 saturated heterocycles. The smallest absolute Gasteiger partial charge is 0.150 e. The fourth-order valence-electron chi connectivity index (χ4n) is 1.70. The Bertz CT molecular complexity index is 681. The molecule has 0 bridgehead atoms. The van der Waals surface area contributed by atoms with Gasteiger partial charge in [-0.05, 0) is 19.1 Å². The Morgan fingerprint density at radius 3 is 2.94 bits per heavy atom. The molecule has 2 heterocycles. The van der Waals surface area contributed by atoms with Crippen molar-refractivity contribution in [2.45, 2.75) is 6.92 Å². The van der Waals surface area contributed by atoms with Gasteiger partial charge < -0.3 is 0 Å². The predicted octanol–water partition coefficient (Wildman–Crippen LogP) is 3.05. The van der Waals surface area contributed by atoms with E-state index in [0.29, 0.717) is 16.1 Å². The molecule has 0 saturated carbocycles. The van der Waals surface area contributed by atoms with Gasteiger partial charge in [-0.1, -0.05) is 0 Å². The monoisotopic (exact) mass is 247 g/mol. The molecule has 4 nitrogen and oxygen atoms in total. The van der Waals surface area contributed by atoms with Crippen LogP contribution < -0.4 is 5.73 Å². The fourth-order valence-corrected chi connectivity index (χ4v) is 2.75. The summed E-state index contributed by atoms with van der Waals surface area (Å²) >= 11 is 1.43. The number of H-pyrrole nitrogens is 1. The highest BCUT2D eigenvalue weighted by molar-refractivity contribution is 7.21. The molecule has 17 heavy (non-hydrogen) atoms. The summed E-state index contributed by atoms with van der Waals surface area (Å²) in [6.07, 6.45) is 0. The highest BCUT2D eigenvalue weighted by Crippen LogP contribution is 2.34. The molecule has 2 N–H and O–H groups in total. The van der Waals surface area contributed by atoms with E-state index in [1.54, 1.807) is 6.07 Å². The fraction of sp³-hybridized carbons (Fsp3) is 0.0909. The van der Waals surface area contributed by atoms with Crippen LogP contribution in [0.4, 0.5) is 10.2 Å². The molecule has 3 aromatic rings. The highest BCUT2D eigenvalue weighted by atomic mass is 32.1. The van der Waals surface area contributed by atoms with Crippen molar-refractivity contribution in [3.8, 4) is 10.6 Å². The maximum absolute atomic E-state index is 13.1. The number of hydrogen-bond donors (Lipinski definition) is 1. The highest BCUT2D eigenvalue weighted by Gasteiger charge is 2.15. The number of rotatable bonds is 1. The lowest BCUT2D eigenvalue weighted by Crippen LogP contribution is -1.79. The quantitative estimate of drug-likeness (QED) is 0.718. The normalized spacial score (nSPS) is 11.2. The van der Waals surface area contributed by atoms with Crippen molar-refractivity contribution in [2.75, 3.05) is 0 Å². The maximum Gasteiger partial charge on any atom is 0.150 e. The van der Waals surface area contributed by atoms with Crippen LogP contribution >= 0.6 is 11.3 Å². The van der Waals surface area contributed by atoms with E-state index in [2.05, 4.69) is 15.2 Å². The third kappa shape index (κ3) is 1.57. The molecular weight excluding hydrogens is 239 g/mol. The van der Waals surface area contributed by atoms with Crippen LogP contribution in [0.3, 0.4) is 0 Å². The number of halogens is 1. The standard InChI is InChI=1S/C11H8FN4S/c1-5-9(10(13)16-15-5)11-14-7-4-6(12)2-3-8(7)17-11/h2-4,13H,1H3,(H,15,16). The Morgan fingerprint density at radius 1 is 1.41 bits per heavy atom. The van der Waals surface area contributed by atoms with Gasteiger partial charge in [0.15, 0.2) is 5.82 Å². The first-order chi connectivity index (χ1) is 8.15. The van der Waals surface area contributed by atoms with Gasteiger partial charge in [-0.15, -0.1) is 11.3 Å². The molecule has 1 radical (unpaired) electrons. The molecule has 2 aromatic heterocycles. The summed E-state index contributed by atoms with van der Waals surface area (Å²) in [5.41, 5.74) is 9.75. The van der Waals surface area contributed by atoms with Crippen LogP contribution in [0.25, 0.3) is 20.8 Å². The van der Waals surface area contributed by atoms with E-state index < -0.39 is 0 Å². The molecule has 0 spiro atoms. The number of fused-ring (bicyclic) bond motifs is 1. The second-order valence-electron chi connectivity index (χ2n) is 3.69. The Kier molecular flexibility index (Phi) is 2.12. The van der Waals surface area contributed by atoms with Crippen molar-refractivity contribution in [3.05, 3.63) is 29.7 Å². The van der Waals surface area contributed by atoms with Gasteiger partial charge in [0.05, 0.1) is 21.5 Å². The van der Waals surface area contributed by atoms with E-state index in [9.17, 15) is 4.39 Å². The molecule has 0 atom stereocenters. The summed E-state index contributed by atoms with van der Waals surface area (Å²) in [6.45, 7) is 1.82. The van der Waals surface area contributed by atoms with Gasteiger partial charge in [0.25, 0.3) is 0 Å². The maximum atomic E-state index is 13.1. The summed E-state index contributed by atoms with van der Waals surface area (Å²) in [7, 11) is 0. The predicted molar refractivity (Wildman–Crippen MR) is 64.7 cm³/mol. The molecule has 0 fully saturated rings. The zero-order chi connectivity index (χ0) is 12.0. The minimum absolute atomic E-state index is 0.238. The van der Waals surface area contributed by atoms with Gasteiger partial charge in [-0.25, -0.2) is 9.37 Å². The lowest BCUT2D eigenvalue weighted by Gasteiger charge is -1.92. The molecule has 0 aliphatic heterocycles. The lowest BCUT2D eigenvalue weighted by molar-refractivity contribution is 0.629. The van der Waals surface area contributed by atoms with Crippen molar-refractivity contribution in [2.24, 2.45) is 0 Å². The van der Waals surface area contributed by atoms with Crippen molar-refractivity contribution >= 4 is 27.4 Å². The molecule has 0 aliphatic rings. The number of hydrogen-bond acceptors (Lipinski definition) is 3. The van der Waals surface area contributed by atoms with E-state index in [1.807, 2.05) is 6.92 Å². The molecule has 0 amide bonds. The third-order valence-corrected chi connectivity index (χ3v) is 3.56. The van der Waals surface area contributed by atoms with Crippen LogP contribution in [-0.2, 0) is 0 Å². The minimum Gasteiger partial charge on any atom is -0.283 e. The second kappa shape index (κ2) is 3.53. The van der Waals surface area contributed by atoms with Gasteiger partial charge >= 0.3 is 0 Å². The number of aryl methyl sites for hydroxylation is 1. The molecule has 6 heteroatoms. The lowest BCUT2D eigenvalue weighted by atomic mass is 10.2. The van der Waals surface area contributed by atoms with Crippen LogP contribution in [0.1, 0.15) is 5.69 Å². The van der Waals surface area contributed by atoms with E-state index in [-0.39, 0.29) is 11.6 Å². The summed E-state index contributed by atoms with van der Waals surface area (Å²) in [5, 5.41) is 7.26. The number of thiazole rings is 1.